The molecule has 0 bridgehead atoms. The van der Waals surface area contributed by atoms with Crippen LogP contribution in [-0.2, 0) is 0 Å². The lowest BCUT2D eigenvalue weighted by molar-refractivity contribution is 0.0293. The third-order valence-electron chi connectivity index (χ3n) is 3.12. The number of rotatable bonds is 2. The molecule has 96 valence electrons. The van der Waals surface area contributed by atoms with Crippen LogP contribution >= 0.6 is 0 Å². The van der Waals surface area contributed by atoms with Gasteiger partial charge in [-0.15, -0.1) is 0 Å². The highest BCUT2D eigenvalue weighted by Gasteiger charge is 2.24. The minimum atomic E-state index is -0.256. The number of aliphatic hydroxyl groups is 1. The summed E-state index contributed by atoms with van der Waals surface area (Å²) in [4.78, 5) is 2.33. The third kappa shape index (κ3) is 5.25. The fourth-order valence-electron chi connectivity index (χ4n) is 1.71. The molecular weight excluding hydrogens is 202 g/mol. The number of aliphatic hydroxyl groups excluding tert-OH is 1. The smallest absolute Gasteiger partial charge is 0.0715 e. The van der Waals surface area contributed by atoms with E-state index in [-0.39, 0.29) is 11.5 Å². The zero-order valence-electron chi connectivity index (χ0n) is 10.9. The first-order valence-corrected chi connectivity index (χ1v) is 6.32. The minimum absolute atomic E-state index is 0.0285. The molecule has 1 saturated heterocycles. The van der Waals surface area contributed by atoms with Crippen LogP contribution in [0.1, 0.15) is 20.8 Å². The fourth-order valence-corrected chi connectivity index (χ4v) is 1.71. The molecule has 0 aromatic carbocycles. The molecule has 4 nitrogen and oxygen atoms in total. The molecule has 0 aliphatic carbocycles. The van der Waals surface area contributed by atoms with E-state index in [0.29, 0.717) is 0 Å². The largest absolute Gasteiger partial charge is 0.391 e. The van der Waals surface area contributed by atoms with Crippen LogP contribution in [0.5, 0.6) is 0 Å². The van der Waals surface area contributed by atoms with E-state index in [0.717, 1.165) is 45.8 Å². The van der Waals surface area contributed by atoms with Crippen molar-refractivity contribution < 1.29 is 5.11 Å². The van der Waals surface area contributed by atoms with Crippen molar-refractivity contribution in [2.45, 2.75) is 26.9 Å². The predicted molar refractivity (Wildman–Crippen MR) is 67.6 cm³/mol. The van der Waals surface area contributed by atoms with Gasteiger partial charge in [0.25, 0.3) is 0 Å². The molecular formula is C12H27N3O. The molecule has 16 heavy (non-hydrogen) atoms. The van der Waals surface area contributed by atoms with Gasteiger partial charge in [0.2, 0.25) is 0 Å². The summed E-state index contributed by atoms with van der Waals surface area (Å²) in [6.07, 6.45) is -0.256. The number of nitrogens with one attached hydrogen (secondary N) is 2. The Morgan fingerprint density at radius 3 is 2.00 bits per heavy atom. The summed E-state index contributed by atoms with van der Waals surface area (Å²) in [5.41, 5.74) is -0.0285. The summed E-state index contributed by atoms with van der Waals surface area (Å²) in [5.74, 6) is 0. The second kappa shape index (κ2) is 6.55. The molecule has 0 saturated carbocycles. The molecule has 4 heteroatoms. The van der Waals surface area contributed by atoms with Crippen molar-refractivity contribution in [1.29, 1.82) is 0 Å². The molecule has 1 fully saturated rings. The van der Waals surface area contributed by atoms with Crippen LogP contribution in [0.3, 0.4) is 0 Å². The molecule has 0 amide bonds. The highest BCUT2D eigenvalue weighted by atomic mass is 16.3. The quantitative estimate of drug-likeness (QED) is 0.618. The molecule has 0 aromatic rings. The highest BCUT2D eigenvalue weighted by Crippen LogP contribution is 2.19. The number of hydrogen-bond acceptors (Lipinski definition) is 4. The van der Waals surface area contributed by atoms with Gasteiger partial charge >= 0.3 is 0 Å². The van der Waals surface area contributed by atoms with E-state index in [1.54, 1.807) is 0 Å². The van der Waals surface area contributed by atoms with Crippen molar-refractivity contribution in [3.05, 3.63) is 0 Å². The minimum Gasteiger partial charge on any atom is -0.391 e. The lowest BCUT2D eigenvalue weighted by atomic mass is 9.89. The summed E-state index contributed by atoms with van der Waals surface area (Å²) in [7, 11) is 0. The molecule has 1 unspecified atom stereocenters. The lowest BCUT2D eigenvalue weighted by Crippen LogP contribution is -2.43. The molecule has 1 atom stereocenters. The standard InChI is InChI=1S/C12H27N3O/c1-12(2,3)11(16)10-15-8-6-13-4-5-14-7-9-15/h11,13-14,16H,4-10H2,1-3H3. The Bertz CT molecular complexity index is 181. The zero-order chi connectivity index (χ0) is 12.0. The third-order valence-corrected chi connectivity index (χ3v) is 3.12. The maximum atomic E-state index is 10.1. The van der Waals surface area contributed by atoms with Crippen molar-refractivity contribution in [3.8, 4) is 0 Å². The normalized spacial score (nSPS) is 23.2. The maximum Gasteiger partial charge on any atom is 0.0715 e. The molecule has 1 heterocycles. The summed E-state index contributed by atoms with van der Waals surface area (Å²) >= 11 is 0. The van der Waals surface area contributed by atoms with Gasteiger partial charge in [0.15, 0.2) is 0 Å². The van der Waals surface area contributed by atoms with Crippen LogP contribution in [0.4, 0.5) is 0 Å². The summed E-state index contributed by atoms with van der Waals surface area (Å²) in [5, 5.41) is 16.9. The topological polar surface area (TPSA) is 47.5 Å². The first kappa shape index (κ1) is 13.9. The van der Waals surface area contributed by atoms with Crippen LogP contribution in [0.25, 0.3) is 0 Å². The first-order valence-electron chi connectivity index (χ1n) is 6.32. The summed E-state index contributed by atoms with van der Waals surface area (Å²) in [6.45, 7) is 13.2. The van der Waals surface area contributed by atoms with Gasteiger partial charge in [-0.2, -0.15) is 0 Å². The molecule has 0 spiro atoms. The zero-order valence-corrected chi connectivity index (χ0v) is 10.9. The lowest BCUT2D eigenvalue weighted by Gasteiger charge is -2.31. The predicted octanol–water partition coefficient (Wildman–Crippen LogP) is -0.112. The van der Waals surface area contributed by atoms with Crippen molar-refractivity contribution in [2.24, 2.45) is 5.41 Å². The van der Waals surface area contributed by atoms with Crippen molar-refractivity contribution in [1.82, 2.24) is 15.5 Å². The molecule has 0 aromatic heterocycles. The average Bonchev–Trinajstić information content (AvgIpc) is 2.30. The van der Waals surface area contributed by atoms with Crippen molar-refractivity contribution in [3.63, 3.8) is 0 Å². The van der Waals surface area contributed by atoms with Gasteiger partial charge in [0.05, 0.1) is 6.10 Å². The Hall–Kier alpha value is -0.160. The Balaban J connectivity index is 2.37. The van der Waals surface area contributed by atoms with Crippen LogP contribution in [0.15, 0.2) is 0 Å². The van der Waals surface area contributed by atoms with Gasteiger partial charge < -0.3 is 15.7 Å². The summed E-state index contributed by atoms with van der Waals surface area (Å²) in [6, 6.07) is 0. The SMILES string of the molecule is CC(C)(C)C(O)CN1CCNCCNCC1. The van der Waals surface area contributed by atoms with Gasteiger partial charge in [0, 0.05) is 45.8 Å². The second-order valence-electron chi connectivity index (χ2n) is 5.68. The average molecular weight is 229 g/mol. The van der Waals surface area contributed by atoms with Crippen molar-refractivity contribution >= 4 is 0 Å². The molecule has 1 aliphatic heterocycles. The van der Waals surface area contributed by atoms with E-state index >= 15 is 0 Å². The summed E-state index contributed by atoms with van der Waals surface area (Å²) < 4.78 is 0. The number of β-amino-alcohol motifs (C(OH)–C–C–N with tert-alkyl or cyclic N) is 1. The fraction of sp³-hybridized carbons (Fsp3) is 1.00. The van der Waals surface area contributed by atoms with Crippen molar-refractivity contribution in [2.75, 3.05) is 45.8 Å². The Morgan fingerprint density at radius 1 is 1.06 bits per heavy atom. The van der Waals surface area contributed by atoms with Crippen LogP contribution in [-0.4, -0.2) is 61.9 Å². The second-order valence-corrected chi connectivity index (χ2v) is 5.68. The number of nitrogens with zero attached hydrogens (tertiary/aromatic N) is 1. The van der Waals surface area contributed by atoms with Gasteiger partial charge in [-0.25, -0.2) is 0 Å². The molecule has 0 radical (unpaired) electrons. The maximum absolute atomic E-state index is 10.1. The monoisotopic (exact) mass is 229 g/mol. The van der Waals surface area contributed by atoms with E-state index < -0.39 is 0 Å². The van der Waals surface area contributed by atoms with Gasteiger partial charge in [-0.3, -0.25) is 4.90 Å². The van der Waals surface area contributed by atoms with Crippen LogP contribution in [0.2, 0.25) is 0 Å². The molecule has 1 rings (SSSR count). The number of hydrogen-bond donors (Lipinski definition) is 3. The van der Waals surface area contributed by atoms with Gasteiger partial charge in [-0.05, 0) is 5.41 Å². The van der Waals surface area contributed by atoms with E-state index in [9.17, 15) is 5.11 Å². The van der Waals surface area contributed by atoms with E-state index in [1.165, 1.54) is 0 Å². The molecule has 3 N–H and O–H groups in total. The van der Waals surface area contributed by atoms with E-state index in [4.69, 9.17) is 0 Å². The van der Waals surface area contributed by atoms with E-state index in [2.05, 4.69) is 36.3 Å². The Morgan fingerprint density at radius 2 is 1.56 bits per heavy atom. The van der Waals surface area contributed by atoms with E-state index in [1.807, 2.05) is 0 Å². The van der Waals surface area contributed by atoms with Gasteiger partial charge in [0.1, 0.15) is 0 Å². The first-order chi connectivity index (χ1) is 7.50. The Kier molecular flexibility index (Phi) is 5.69. The Labute approximate surface area is 99.4 Å². The van der Waals surface area contributed by atoms with Crippen LogP contribution < -0.4 is 10.6 Å². The molecule has 1 aliphatic rings. The highest BCUT2D eigenvalue weighted by molar-refractivity contribution is 4.77. The van der Waals surface area contributed by atoms with Gasteiger partial charge in [-0.1, -0.05) is 20.8 Å². The van der Waals surface area contributed by atoms with Crippen LogP contribution in [0, 0.1) is 5.41 Å².